The van der Waals surface area contributed by atoms with E-state index in [1.807, 2.05) is 26.0 Å². The third-order valence-electron chi connectivity index (χ3n) is 4.14. The predicted molar refractivity (Wildman–Crippen MR) is 79.4 cm³/mol. The normalized spacial score (nSPS) is 16.9. The van der Waals surface area contributed by atoms with Gasteiger partial charge in [-0.05, 0) is 39.4 Å². The summed E-state index contributed by atoms with van der Waals surface area (Å²) in [6.45, 7) is 0.703. The number of aromatic nitrogens is 1. The third kappa shape index (κ3) is 2.71. The van der Waals surface area contributed by atoms with Gasteiger partial charge in [-0.2, -0.15) is 0 Å². The van der Waals surface area contributed by atoms with Crippen molar-refractivity contribution in [2.45, 2.75) is 24.8 Å². The smallest absolute Gasteiger partial charge is 0.311 e. The fraction of sp³-hybridized carbons (Fsp3) is 0.615. The molecule has 6 nitrogen and oxygen atoms in total. The first-order valence-corrected chi connectivity index (χ1v) is 6.93. The molecule has 1 aromatic rings. The van der Waals surface area contributed by atoms with Crippen molar-refractivity contribution in [1.82, 2.24) is 9.88 Å². The Labute approximate surface area is 123 Å². The van der Waals surface area contributed by atoms with Crippen LogP contribution in [-0.4, -0.2) is 48.0 Å². The zero-order valence-electron chi connectivity index (χ0n) is 12.0. The molecule has 0 saturated heterocycles. The van der Waals surface area contributed by atoms with Crippen molar-refractivity contribution in [1.29, 1.82) is 0 Å². The van der Waals surface area contributed by atoms with Crippen LogP contribution in [0.5, 0.6) is 0 Å². The minimum atomic E-state index is -0.418. The fourth-order valence-electron chi connectivity index (χ4n) is 2.69. The van der Waals surface area contributed by atoms with E-state index < -0.39 is 4.92 Å². The quantitative estimate of drug-likeness (QED) is 0.475. The highest BCUT2D eigenvalue weighted by Crippen LogP contribution is 2.38. The second-order valence-electron chi connectivity index (χ2n) is 5.56. The Morgan fingerprint density at radius 2 is 2.05 bits per heavy atom. The molecule has 2 rings (SSSR count). The molecule has 1 aromatic heterocycles. The van der Waals surface area contributed by atoms with E-state index in [9.17, 15) is 10.1 Å². The zero-order chi connectivity index (χ0) is 14.9. The van der Waals surface area contributed by atoms with E-state index >= 15 is 0 Å². The Morgan fingerprint density at radius 3 is 2.50 bits per heavy atom. The minimum Gasteiger partial charge on any atom is -0.352 e. The molecule has 0 aliphatic heterocycles. The van der Waals surface area contributed by atoms with Crippen molar-refractivity contribution in [3.8, 4) is 0 Å². The van der Waals surface area contributed by atoms with Gasteiger partial charge in [0.1, 0.15) is 5.15 Å². The van der Waals surface area contributed by atoms with Gasteiger partial charge < -0.3 is 9.80 Å². The van der Waals surface area contributed by atoms with Crippen LogP contribution >= 0.6 is 11.6 Å². The molecule has 0 atom stereocenters. The van der Waals surface area contributed by atoms with Crippen LogP contribution in [-0.2, 0) is 0 Å². The van der Waals surface area contributed by atoms with Gasteiger partial charge in [0, 0.05) is 25.2 Å². The molecule has 20 heavy (non-hydrogen) atoms. The molecule has 1 aliphatic rings. The fourth-order valence-corrected chi connectivity index (χ4v) is 2.83. The van der Waals surface area contributed by atoms with E-state index in [0.29, 0.717) is 12.4 Å². The van der Waals surface area contributed by atoms with Crippen LogP contribution in [0.25, 0.3) is 0 Å². The average molecular weight is 299 g/mol. The van der Waals surface area contributed by atoms with Gasteiger partial charge in [0.25, 0.3) is 0 Å². The summed E-state index contributed by atoms with van der Waals surface area (Å²) in [5.74, 6) is 0.329. The topological polar surface area (TPSA) is 62.5 Å². The van der Waals surface area contributed by atoms with Crippen molar-refractivity contribution in [2.75, 3.05) is 32.6 Å². The highest BCUT2D eigenvalue weighted by Gasteiger charge is 2.40. The lowest BCUT2D eigenvalue weighted by atomic mass is 9.75. The van der Waals surface area contributed by atoms with E-state index in [4.69, 9.17) is 11.6 Å². The van der Waals surface area contributed by atoms with E-state index in [-0.39, 0.29) is 16.4 Å². The number of pyridine rings is 1. The Bertz CT molecular complexity index is 517. The maximum absolute atomic E-state index is 11.1. The molecule has 0 aromatic carbocycles. The highest BCUT2D eigenvalue weighted by molar-refractivity contribution is 6.29. The Morgan fingerprint density at radius 1 is 1.40 bits per heavy atom. The van der Waals surface area contributed by atoms with E-state index in [2.05, 4.69) is 9.88 Å². The molecule has 1 heterocycles. The molecule has 7 heteroatoms. The molecule has 1 fully saturated rings. The van der Waals surface area contributed by atoms with Crippen molar-refractivity contribution in [3.05, 3.63) is 27.4 Å². The number of halogens is 1. The monoisotopic (exact) mass is 298 g/mol. The molecule has 0 spiro atoms. The second kappa shape index (κ2) is 5.54. The predicted octanol–water partition coefficient (Wildman–Crippen LogP) is 2.56. The van der Waals surface area contributed by atoms with Crippen LogP contribution in [0.2, 0.25) is 5.15 Å². The molecule has 0 unspecified atom stereocenters. The highest BCUT2D eigenvalue weighted by atomic mass is 35.5. The van der Waals surface area contributed by atoms with Crippen molar-refractivity contribution < 1.29 is 4.92 Å². The third-order valence-corrected chi connectivity index (χ3v) is 4.35. The lowest BCUT2D eigenvalue weighted by Gasteiger charge is -2.49. The van der Waals surface area contributed by atoms with Gasteiger partial charge in [-0.3, -0.25) is 10.1 Å². The van der Waals surface area contributed by atoms with Crippen LogP contribution in [0.4, 0.5) is 11.5 Å². The van der Waals surface area contributed by atoms with E-state index in [1.165, 1.54) is 18.6 Å². The maximum atomic E-state index is 11.1. The Kier molecular flexibility index (Phi) is 4.15. The second-order valence-corrected chi connectivity index (χ2v) is 5.95. The lowest BCUT2D eigenvalue weighted by Crippen LogP contribution is -2.56. The van der Waals surface area contributed by atoms with Gasteiger partial charge in [0.2, 0.25) is 5.82 Å². The molecular weight excluding hydrogens is 280 g/mol. The van der Waals surface area contributed by atoms with Gasteiger partial charge >= 0.3 is 5.69 Å². The van der Waals surface area contributed by atoms with Crippen LogP contribution in [0, 0.1) is 10.1 Å². The molecular formula is C13H19ClN4O2. The first-order valence-electron chi connectivity index (χ1n) is 6.55. The molecule has 0 amide bonds. The number of hydrogen-bond acceptors (Lipinski definition) is 5. The molecule has 110 valence electrons. The van der Waals surface area contributed by atoms with Gasteiger partial charge in [0.15, 0.2) is 0 Å². The summed E-state index contributed by atoms with van der Waals surface area (Å²) >= 11 is 5.88. The van der Waals surface area contributed by atoms with Crippen LogP contribution in [0.3, 0.4) is 0 Å². The van der Waals surface area contributed by atoms with Gasteiger partial charge in [-0.25, -0.2) is 4.98 Å². The summed E-state index contributed by atoms with van der Waals surface area (Å²) in [4.78, 5) is 18.8. The number of rotatable bonds is 5. The Hall–Kier alpha value is -1.40. The Balaban J connectivity index is 2.27. The van der Waals surface area contributed by atoms with Crippen LogP contribution < -0.4 is 4.90 Å². The lowest BCUT2D eigenvalue weighted by molar-refractivity contribution is -0.384. The summed E-state index contributed by atoms with van der Waals surface area (Å²) in [5.41, 5.74) is 0.0669. The van der Waals surface area contributed by atoms with Crippen molar-refractivity contribution in [2.24, 2.45) is 0 Å². The summed E-state index contributed by atoms with van der Waals surface area (Å²) < 4.78 is 0. The standard InChI is InChI=1S/C13H19ClN4O2/c1-16(2)13(7-4-8-13)9-17(3)12-10(18(19)20)5-6-11(14)15-12/h5-6H,4,7-9H2,1-3H3. The first kappa shape index (κ1) is 15.0. The average Bonchev–Trinajstić information content (AvgIpc) is 2.32. The van der Waals surface area contributed by atoms with Crippen LogP contribution in [0.15, 0.2) is 12.1 Å². The minimum absolute atomic E-state index is 0.00914. The molecule has 0 bridgehead atoms. The van der Waals surface area contributed by atoms with Crippen molar-refractivity contribution in [3.63, 3.8) is 0 Å². The molecule has 0 N–H and O–H groups in total. The molecule has 1 aliphatic carbocycles. The molecule has 1 saturated carbocycles. The summed E-state index contributed by atoms with van der Waals surface area (Å²) in [5, 5.41) is 11.4. The van der Waals surface area contributed by atoms with Gasteiger partial charge in [-0.15, -0.1) is 0 Å². The van der Waals surface area contributed by atoms with Crippen molar-refractivity contribution >= 4 is 23.1 Å². The number of nitro groups is 1. The van der Waals surface area contributed by atoms with Gasteiger partial charge in [0.05, 0.1) is 4.92 Å². The number of likely N-dealkylation sites (N-methyl/N-ethyl adjacent to an activating group) is 2. The number of nitrogens with zero attached hydrogens (tertiary/aromatic N) is 4. The summed E-state index contributed by atoms with van der Waals surface area (Å²) in [7, 11) is 5.93. The zero-order valence-corrected chi connectivity index (χ0v) is 12.7. The SMILES string of the molecule is CN(CC1(N(C)C)CCC1)c1nc(Cl)ccc1[N+](=O)[O-]. The molecule has 0 radical (unpaired) electrons. The summed E-state index contributed by atoms with van der Waals surface area (Å²) in [6, 6.07) is 2.85. The number of anilines is 1. The summed E-state index contributed by atoms with van der Waals surface area (Å²) in [6.07, 6.45) is 3.38. The van der Waals surface area contributed by atoms with Crippen LogP contribution in [0.1, 0.15) is 19.3 Å². The maximum Gasteiger partial charge on any atom is 0.311 e. The van der Waals surface area contributed by atoms with Gasteiger partial charge in [-0.1, -0.05) is 11.6 Å². The van der Waals surface area contributed by atoms with E-state index in [0.717, 1.165) is 12.8 Å². The largest absolute Gasteiger partial charge is 0.352 e. The van der Waals surface area contributed by atoms with E-state index in [1.54, 1.807) is 0 Å². The first-order chi connectivity index (χ1) is 9.35. The number of hydrogen-bond donors (Lipinski definition) is 0.